The highest BCUT2D eigenvalue weighted by atomic mass is 32.1. The molecule has 0 aliphatic rings. The Bertz CT molecular complexity index is 363. The third-order valence-corrected chi connectivity index (χ3v) is 4.73. The van der Waals surface area contributed by atoms with Gasteiger partial charge >= 0.3 is 0 Å². The maximum atomic E-state index is 8.96. The topological polar surface area (TPSA) is 47.6 Å². The van der Waals surface area contributed by atoms with Gasteiger partial charge < -0.3 is 5.41 Å². The van der Waals surface area contributed by atoms with Crippen molar-refractivity contribution in [1.82, 2.24) is 0 Å². The molecule has 0 spiro atoms. The van der Waals surface area contributed by atoms with Crippen LogP contribution in [0.5, 0.6) is 0 Å². The smallest absolute Gasteiger partial charge is 0.101 e. The number of hydrogen-bond acceptors (Lipinski definition) is 3. The summed E-state index contributed by atoms with van der Waals surface area (Å²) in [5.74, 6) is 2.03. The fourth-order valence-electron chi connectivity index (χ4n) is 2.55. The maximum Gasteiger partial charge on any atom is 0.101 e. The van der Waals surface area contributed by atoms with Crippen LogP contribution in [0.4, 0.5) is 0 Å². The van der Waals surface area contributed by atoms with Crippen molar-refractivity contribution in [3.05, 3.63) is 11.1 Å². The molecule has 0 aromatic carbocycles. The zero-order valence-corrected chi connectivity index (χ0v) is 13.8. The number of rotatable bonds is 8. The molecule has 2 unspecified atom stereocenters. The van der Waals surface area contributed by atoms with Crippen molar-refractivity contribution in [2.45, 2.75) is 53.9 Å². The highest BCUT2D eigenvalue weighted by molar-refractivity contribution is 7.80. The maximum absolute atomic E-state index is 8.96. The molecule has 0 aromatic heterocycles. The molecule has 2 nitrogen and oxygen atoms in total. The molecule has 0 heterocycles. The van der Waals surface area contributed by atoms with E-state index in [0.717, 1.165) is 24.2 Å². The Balaban J connectivity index is 4.75. The second-order valence-corrected chi connectivity index (χ2v) is 6.68. The summed E-state index contributed by atoms with van der Waals surface area (Å²) >= 11 is 4.29. The van der Waals surface area contributed by atoms with Gasteiger partial charge in [0.05, 0.1) is 5.57 Å². The molecule has 1 N–H and O–H groups in total. The normalized spacial score (nSPS) is 16.3. The van der Waals surface area contributed by atoms with Gasteiger partial charge in [0.15, 0.2) is 0 Å². The lowest BCUT2D eigenvalue weighted by Crippen LogP contribution is -2.27. The molecule has 0 saturated heterocycles. The fraction of sp³-hybridized carbons (Fsp3) is 0.750. The summed E-state index contributed by atoms with van der Waals surface area (Å²) in [7, 11) is 0. The van der Waals surface area contributed by atoms with E-state index in [9.17, 15) is 0 Å². The number of nitriles is 1. The van der Waals surface area contributed by atoms with Crippen LogP contribution in [0.15, 0.2) is 11.1 Å². The monoisotopic (exact) mass is 280 g/mol. The average molecular weight is 280 g/mol. The van der Waals surface area contributed by atoms with Gasteiger partial charge in [-0.25, -0.2) is 0 Å². The highest BCUT2D eigenvalue weighted by Crippen LogP contribution is 2.38. The summed E-state index contributed by atoms with van der Waals surface area (Å²) in [4.78, 5) is 0. The van der Waals surface area contributed by atoms with E-state index >= 15 is 0 Å². The summed E-state index contributed by atoms with van der Waals surface area (Å²) in [6, 6.07) is 2.10. The van der Waals surface area contributed by atoms with E-state index in [2.05, 4.69) is 46.4 Å². The second kappa shape index (κ2) is 8.43. The van der Waals surface area contributed by atoms with Crippen LogP contribution in [0, 0.1) is 34.0 Å². The molecule has 0 radical (unpaired) electrons. The van der Waals surface area contributed by atoms with Crippen LogP contribution in [0.2, 0.25) is 0 Å². The molecule has 0 aliphatic heterocycles. The lowest BCUT2D eigenvalue weighted by Gasteiger charge is -2.36. The summed E-state index contributed by atoms with van der Waals surface area (Å²) in [5.41, 5.74) is 1.83. The predicted octanol–water partition coefficient (Wildman–Crippen LogP) is 4.87. The van der Waals surface area contributed by atoms with E-state index in [1.807, 2.05) is 6.92 Å². The lowest BCUT2D eigenvalue weighted by molar-refractivity contribution is 0.151. The Morgan fingerprint density at radius 1 is 1.42 bits per heavy atom. The van der Waals surface area contributed by atoms with Crippen LogP contribution in [-0.2, 0) is 0 Å². The Morgan fingerprint density at radius 3 is 2.42 bits per heavy atom. The van der Waals surface area contributed by atoms with Crippen molar-refractivity contribution in [3.63, 3.8) is 0 Å². The van der Waals surface area contributed by atoms with Crippen LogP contribution >= 0.6 is 12.6 Å². The van der Waals surface area contributed by atoms with E-state index in [4.69, 9.17) is 10.7 Å². The molecule has 0 fully saturated rings. The molecular weight excluding hydrogens is 252 g/mol. The van der Waals surface area contributed by atoms with Gasteiger partial charge in [-0.3, -0.25) is 0 Å². The second-order valence-electron chi connectivity index (χ2n) is 6.24. The van der Waals surface area contributed by atoms with Crippen molar-refractivity contribution >= 4 is 18.8 Å². The van der Waals surface area contributed by atoms with Crippen LogP contribution < -0.4 is 0 Å². The van der Waals surface area contributed by atoms with E-state index < -0.39 is 0 Å². The SMILES string of the molecule is C/C(CC(C)C(C)C(C)(C)CCCS)=C(\C#N)C=N. The summed E-state index contributed by atoms with van der Waals surface area (Å²) in [5, 5.41) is 16.2. The quantitative estimate of drug-likeness (QED) is 0.372. The third kappa shape index (κ3) is 5.82. The van der Waals surface area contributed by atoms with E-state index in [0.29, 0.717) is 22.8 Å². The van der Waals surface area contributed by atoms with Crippen LogP contribution in [0.3, 0.4) is 0 Å². The van der Waals surface area contributed by atoms with Crippen LogP contribution in [0.1, 0.15) is 53.9 Å². The Labute approximate surface area is 124 Å². The van der Waals surface area contributed by atoms with Crippen molar-refractivity contribution in [3.8, 4) is 6.07 Å². The first-order valence-corrected chi connectivity index (χ1v) is 7.64. The first-order valence-electron chi connectivity index (χ1n) is 7.01. The Kier molecular flexibility index (Phi) is 8.09. The van der Waals surface area contributed by atoms with Gasteiger partial charge in [0, 0.05) is 6.21 Å². The molecule has 0 aromatic rings. The fourth-order valence-corrected chi connectivity index (χ4v) is 2.71. The minimum atomic E-state index is 0.292. The third-order valence-electron chi connectivity index (χ3n) is 4.42. The van der Waals surface area contributed by atoms with Gasteiger partial charge in [0.2, 0.25) is 0 Å². The van der Waals surface area contributed by atoms with Crippen LogP contribution in [0.25, 0.3) is 0 Å². The van der Waals surface area contributed by atoms with Crippen molar-refractivity contribution < 1.29 is 0 Å². The number of hydrogen-bond donors (Lipinski definition) is 2. The van der Waals surface area contributed by atoms with Gasteiger partial charge in [-0.15, -0.1) is 0 Å². The number of nitrogens with zero attached hydrogens (tertiary/aromatic N) is 1. The van der Waals surface area contributed by atoms with Crippen molar-refractivity contribution in [2.75, 3.05) is 5.75 Å². The summed E-state index contributed by atoms with van der Waals surface area (Å²) in [6.45, 7) is 11.1. The average Bonchev–Trinajstić information content (AvgIpc) is 2.36. The van der Waals surface area contributed by atoms with Gasteiger partial charge in [-0.2, -0.15) is 17.9 Å². The van der Waals surface area contributed by atoms with Crippen molar-refractivity contribution in [1.29, 1.82) is 10.7 Å². The molecule has 108 valence electrons. The van der Waals surface area contributed by atoms with Gasteiger partial charge in [-0.05, 0) is 49.2 Å². The van der Waals surface area contributed by atoms with E-state index in [1.165, 1.54) is 12.6 Å². The number of allylic oxidation sites excluding steroid dienone is 2. The molecule has 19 heavy (non-hydrogen) atoms. The Morgan fingerprint density at radius 2 is 2.00 bits per heavy atom. The molecule has 0 rings (SSSR count). The first-order chi connectivity index (χ1) is 8.80. The number of thiol groups is 1. The van der Waals surface area contributed by atoms with Gasteiger partial charge in [-0.1, -0.05) is 33.3 Å². The highest BCUT2D eigenvalue weighted by Gasteiger charge is 2.29. The number of nitrogens with one attached hydrogen (secondary N) is 1. The zero-order valence-electron chi connectivity index (χ0n) is 13.0. The van der Waals surface area contributed by atoms with Crippen LogP contribution in [-0.4, -0.2) is 12.0 Å². The minimum Gasteiger partial charge on any atom is -0.307 e. The molecule has 0 amide bonds. The Hall–Kier alpha value is -0.750. The molecule has 0 aliphatic carbocycles. The zero-order chi connectivity index (χ0) is 15.1. The molecule has 2 atom stereocenters. The molecular formula is C16H28N2S. The molecule has 0 bridgehead atoms. The molecule has 3 heteroatoms. The van der Waals surface area contributed by atoms with E-state index in [-0.39, 0.29) is 0 Å². The van der Waals surface area contributed by atoms with Crippen molar-refractivity contribution in [2.24, 2.45) is 17.3 Å². The minimum absolute atomic E-state index is 0.292. The summed E-state index contributed by atoms with van der Waals surface area (Å²) in [6.07, 6.45) is 4.38. The van der Waals surface area contributed by atoms with Gasteiger partial charge in [0.1, 0.15) is 6.07 Å². The van der Waals surface area contributed by atoms with Gasteiger partial charge in [0.25, 0.3) is 0 Å². The lowest BCUT2D eigenvalue weighted by atomic mass is 9.69. The standard InChI is InChI=1S/C16H28N2S/c1-12(9-13(2)15(10-17)11-18)14(3)16(4,5)7-6-8-19/h10,12,14,17,19H,6-9H2,1-5H3/b15-13+,17-10?. The van der Waals surface area contributed by atoms with E-state index in [1.54, 1.807) is 0 Å². The summed E-state index contributed by atoms with van der Waals surface area (Å²) < 4.78 is 0. The largest absolute Gasteiger partial charge is 0.307 e. The molecule has 0 saturated carbocycles. The predicted molar refractivity (Wildman–Crippen MR) is 86.9 cm³/mol. The first kappa shape index (κ1) is 18.2.